The highest BCUT2D eigenvalue weighted by atomic mass is 32.2. The summed E-state index contributed by atoms with van der Waals surface area (Å²) in [6.45, 7) is 3.49. The van der Waals surface area contributed by atoms with Gasteiger partial charge in [-0.2, -0.15) is 5.26 Å². The number of methoxy groups -OCH3 is 1. The van der Waals surface area contributed by atoms with Crippen molar-refractivity contribution >= 4 is 23.5 Å². The van der Waals surface area contributed by atoms with Crippen LogP contribution >= 0.6 is 11.8 Å². The first-order valence-electron chi connectivity index (χ1n) is 8.46. The van der Waals surface area contributed by atoms with Crippen molar-refractivity contribution in [3.8, 4) is 23.1 Å². The van der Waals surface area contributed by atoms with Crippen LogP contribution in [0.1, 0.15) is 18.2 Å². The Bertz CT molecular complexity index is 1020. The molecule has 7 nitrogen and oxygen atoms in total. The van der Waals surface area contributed by atoms with Gasteiger partial charge in [0.15, 0.2) is 5.82 Å². The van der Waals surface area contributed by atoms with Crippen molar-refractivity contribution < 1.29 is 14.1 Å². The molecule has 0 aliphatic rings. The number of aromatic nitrogens is 2. The number of nitrogens with zero attached hydrogens (tertiary/aromatic N) is 3. The van der Waals surface area contributed by atoms with Gasteiger partial charge in [-0.1, -0.05) is 16.9 Å². The van der Waals surface area contributed by atoms with Gasteiger partial charge in [0.2, 0.25) is 5.91 Å². The number of nitrogens with one attached hydrogen (secondary N) is 1. The summed E-state index contributed by atoms with van der Waals surface area (Å²) < 4.78 is 10.1. The van der Waals surface area contributed by atoms with Gasteiger partial charge >= 0.3 is 0 Å². The van der Waals surface area contributed by atoms with E-state index < -0.39 is 5.25 Å². The summed E-state index contributed by atoms with van der Waals surface area (Å²) >= 11 is 1.22. The van der Waals surface area contributed by atoms with Gasteiger partial charge in [0.05, 0.1) is 23.6 Å². The van der Waals surface area contributed by atoms with Crippen LogP contribution in [0, 0.1) is 18.3 Å². The molecule has 2 heterocycles. The molecular formula is C20H18N4O3S. The topological polar surface area (TPSA) is 101 Å². The molecule has 0 fully saturated rings. The van der Waals surface area contributed by atoms with Crippen molar-refractivity contribution in [2.45, 2.75) is 24.1 Å². The third kappa shape index (κ3) is 4.50. The number of benzene rings is 1. The molecule has 8 heteroatoms. The molecule has 0 radical (unpaired) electrons. The van der Waals surface area contributed by atoms with E-state index in [9.17, 15) is 10.1 Å². The fourth-order valence-corrected chi connectivity index (χ4v) is 3.30. The summed E-state index contributed by atoms with van der Waals surface area (Å²) in [6, 6.07) is 14.7. The molecule has 1 unspecified atom stereocenters. The van der Waals surface area contributed by atoms with E-state index in [4.69, 9.17) is 9.26 Å². The molecule has 3 rings (SSSR count). The van der Waals surface area contributed by atoms with Crippen molar-refractivity contribution in [3.63, 3.8) is 0 Å². The van der Waals surface area contributed by atoms with E-state index in [0.717, 1.165) is 11.3 Å². The van der Waals surface area contributed by atoms with E-state index in [2.05, 4.69) is 21.5 Å². The van der Waals surface area contributed by atoms with Gasteiger partial charge in [-0.05, 0) is 50.2 Å². The number of thioether (sulfide) groups is 1. The van der Waals surface area contributed by atoms with Crippen LogP contribution in [-0.2, 0) is 4.79 Å². The van der Waals surface area contributed by atoms with Crippen LogP contribution in [0.5, 0.6) is 5.75 Å². The van der Waals surface area contributed by atoms with Crippen LogP contribution in [0.25, 0.3) is 11.3 Å². The van der Waals surface area contributed by atoms with E-state index >= 15 is 0 Å². The minimum atomic E-state index is -0.484. The molecule has 142 valence electrons. The summed E-state index contributed by atoms with van der Waals surface area (Å²) in [5.74, 6) is 1.46. The third-order valence-corrected chi connectivity index (χ3v) is 5.01. The molecule has 3 aromatic rings. The van der Waals surface area contributed by atoms with Gasteiger partial charge in [0.25, 0.3) is 0 Å². The number of hydrogen-bond donors (Lipinski definition) is 1. The first-order chi connectivity index (χ1) is 13.5. The zero-order chi connectivity index (χ0) is 20.1. The number of amides is 1. The van der Waals surface area contributed by atoms with Crippen LogP contribution in [0.2, 0.25) is 0 Å². The van der Waals surface area contributed by atoms with Gasteiger partial charge in [0, 0.05) is 11.6 Å². The number of nitriles is 1. The molecule has 1 aromatic carbocycles. The molecule has 1 amide bonds. The highest BCUT2D eigenvalue weighted by Gasteiger charge is 2.19. The lowest BCUT2D eigenvalue weighted by Crippen LogP contribution is -2.22. The quantitative estimate of drug-likeness (QED) is 0.630. The van der Waals surface area contributed by atoms with Crippen molar-refractivity contribution in [3.05, 3.63) is 53.8 Å². The van der Waals surface area contributed by atoms with Gasteiger partial charge in [-0.25, -0.2) is 4.98 Å². The molecule has 0 spiro atoms. The number of rotatable bonds is 6. The Balaban J connectivity index is 1.79. The van der Waals surface area contributed by atoms with Crippen LogP contribution < -0.4 is 10.1 Å². The predicted molar refractivity (Wildman–Crippen MR) is 106 cm³/mol. The molecule has 0 saturated carbocycles. The highest BCUT2D eigenvalue weighted by molar-refractivity contribution is 8.00. The zero-order valence-corrected chi connectivity index (χ0v) is 16.4. The number of aryl methyl sites for hydroxylation is 1. The van der Waals surface area contributed by atoms with E-state index in [1.165, 1.54) is 11.8 Å². The number of anilines is 1. The third-order valence-electron chi connectivity index (χ3n) is 3.90. The van der Waals surface area contributed by atoms with Crippen LogP contribution in [0.15, 0.2) is 52.0 Å². The van der Waals surface area contributed by atoms with E-state index in [1.54, 1.807) is 39.2 Å². The van der Waals surface area contributed by atoms with Gasteiger partial charge < -0.3 is 14.6 Å². The fourth-order valence-electron chi connectivity index (χ4n) is 2.41. The normalized spacial score (nSPS) is 11.5. The predicted octanol–water partition coefficient (Wildman–Crippen LogP) is 4.04. The van der Waals surface area contributed by atoms with Crippen LogP contribution in [0.3, 0.4) is 0 Å². The summed E-state index contributed by atoms with van der Waals surface area (Å²) in [6.07, 6.45) is 0. The Morgan fingerprint density at radius 2 is 2.04 bits per heavy atom. The number of carbonyl (C=O) groups excluding carboxylic acids is 1. The Kier molecular flexibility index (Phi) is 5.96. The number of hydrogen-bond acceptors (Lipinski definition) is 7. The fraction of sp³-hybridized carbons (Fsp3) is 0.200. The van der Waals surface area contributed by atoms with E-state index in [1.807, 2.05) is 24.3 Å². The largest absolute Gasteiger partial charge is 0.497 e. The Morgan fingerprint density at radius 3 is 2.64 bits per heavy atom. The average molecular weight is 394 g/mol. The van der Waals surface area contributed by atoms with Crippen molar-refractivity contribution in [2.75, 3.05) is 12.4 Å². The summed E-state index contributed by atoms with van der Waals surface area (Å²) in [7, 11) is 1.61. The molecule has 0 bridgehead atoms. The minimum absolute atomic E-state index is 0.251. The lowest BCUT2D eigenvalue weighted by molar-refractivity contribution is -0.115. The second kappa shape index (κ2) is 8.59. The Hall–Kier alpha value is -3.31. The molecule has 2 aromatic heterocycles. The molecule has 28 heavy (non-hydrogen) atoms. The van der Waals surface area contributed by atoms with Crippen molar-refractivity contribution in [1.82, 2.24) is 10.1 Å². The molecule has 0 aliphatic heterocycles. The maximum absolute atomic E-state index is 12.4. The number of pyridine rings is 1. The number of ether oxygens (including phenoxy) is 1. The SMILES string of the molecule is COc1ccc(-c2ccc(C#N)c(SC(C)C(=O)Nc3cc(C)on3)n2)cc1. The maximum Gasteiger partial charge on any atom is 0.238 e. The second-order valence-electron chi connectivity index (χ2n) is 5.96. The van der Waals surface area contributed by atoms with Crippen molar-refractivity contribution in [2.24, 2.45) is 0 Å². The standard InChI is InChI=1S/C20H18N4O3S/c1-12-10-18(24-27-12)23-19(25)13(2)28-20-15(11-21)6-9-17(22-20)14-4-7-16(26-3)8-5-14/h4-10,13H,1-3H3,(H,23,24,25). The first kappa shape index (κ1) is 19.5. The second-order valence-corrected chi connectivity index (χ2v) is 7.29. The smallest absolute Gasteiger partial charge is 0.238 e. The Morgan fingerprint density at radius 1 is 1.29 bits per heavy atom. The summed E-state index contributed by atoms with van der Waals surface area (Å²) in [5.41, 5.74) is 2.02. The Labute approximate surface area is 166 Å². The highest BCUT2D eigenvalue weighted by Crippen LogP contribution is 2.29. The average Bonchev–Trinajstić information content (AvgIpc) is 3.12. The minimum Gasteiger partial charge on any atom is -0.497 e. The van der Waals surface area contributed by atoms with E-state index in [0.29, 0.717) is 27.9 Å². The number of carbonyl (C=O) groups is 1. The first-order valence-corrected chi connectivity index (χ1v) is 9.34. The van der Waals surface area contributed by atoms with Gasteiger partial charge in [0.1, 0.15) is 22.6 Å². The van der Waals surface area contributed by atoms with Crippen LogP contribution in [-0.4, -0.2) is 28.4 Å². The van der Waals surface area contributed by atoms with Gasteiger partial charge in [-0.3, -0.25) is 4.79 Å². The van der Waals surface area contributed by atoms with E-state index in [-0.39, 0.29) is 5.91 Å². The monoisotopic (exact) mass is 394 g/mol. The maximum atomic E-state index is 12.4. The summed E-state index contributed by atoms with van der Waals surface area (Å²) in [5, 5.41) is 15.8. The van der Waals surface area contributed by atoms with Crippen LogP contribution in [0.4, 0.5) is 5.82 Å². The van der Waals surface area contributed by atoms with Gasteiger partial charge in [-0.15, -0.1) is 0 Å². The summed E-state index contributed by atoms with van der Waals surface area (Å²) in [4.78, 5) is 17.0. The molecule has 0 saturated heterocycles. The molecular weight excluding hydrogens is 376 g/mol. The van der Waals surface area contributed by atoms with Crippen molar-refractivity contribution in [1.29, 1.82) is 5.26 Å². The molecule has 1 N–H and O–H groups in total. The molecule has 0 aliphatic carbocycles. The zero-order valence-electron chi connectivity index (χ0n) is 15.6. The molecule has 1 atom stereocenters. The lowest BCUT2D eigenvalue weighted by Gasteiger charge is -2.12. The lowest BCUT2D eigenvalue weighted by atomic mass is 10.1.